The lowest BCUT2D eigenvalue weighted by atomic mass is 9.91. The van der Waals surface area contributed by atoms with Crippen molar-refractivity contribution in [3.05, 3.63) is 71.4 Å². The van der Waals surface area contributed by atoms with Crippen molar-refractivity contribution in [2.45, 2.75) is 19.9 Å². The van der Waals surface area contributed by atoms with Crippen molar-refractivity contribution in [1.82, 2.24) is 4.98 Å². The summed E-state index contributed by atoms with van der Waals surface area (Å²) in [5.74, 6) is 0.556. The second kappa shape index (κ2) is 6.78. The van der Waals surface area contributed by atoms with Gasteiger partial charge in [-0.2, -0.15) is 0 Å². The molecule has 0 aliphatic heterocycles. The van der Waals surface area contributed by atoms with E-state index in [9.17, 15) is 0 Å². The van der Waals surface area contributed by atoms with E-state index in [-0.39, 0.29) is 6.04 Å². The maximum Gasteiger partial charge on any atom is 0.231 e. The minimum Gasteiger partial charge on any atom is -0.436 e. The first-order valence-corrected chi connectivity index (χ1v) is 7.95. The molecule has 0 amide bonds. The monoisotopic (exact) mass is 314 g/mol. The van der Waals surface area contributed by atoms with Gasteiger partial charge in [0.1, 0.15) is 13.4 Å². The summed E-state index contributed by atoms with van der Waals surface area (Å²) >= 11 is 0. The molecule has 0 aliphatic carbocycles. The Balaban J connectivity index is 2.04. The van der Waals surface area contributed by atoms with Crippen LogP contribution < -0.4 is 5.73 Å². The lowest BCUT2D eigenvalue weighted by Gasteiger charge is -1.99. The number of oxazole rings is 1. The molecule has 2 N–H and O–H groups in total. The largest absolute Gasteiger partial charge is 0.436 e. The lowest BCUT2D eigenvalue weighted by molar-refractivity contribution is 0.584. The molecule has 0 bridgehead atoms. The zero-order valence-corrected chi connectivity index (χ0v) is 14.1. The Bertz CT molecular complexity index is 973. The Kier molecular flexibility index (Phi) is 4.55. The predicted molar refractivity (Wildman–Crippen MR) is 101 cm³/mol. The molecule has 24 heavy (non-hydrogen) atoms. The number of hydrogen-bond donors (Lipinski definition) is 1. The van der Waals surface area contributed by atoms with Gasteiger partial charge in [0.2, 0.25) is 5.89 Å². The number of benzene rings is 2. The SMILES string of the molecule is BC(=C=C=C(C)c1nc2cc(-c3ccccc3)ccc2o1)[C@H](C)N. The standard InChI is InChI=1S/C20H19BN2O/c1-13(8-10-17(21)14(2)22)20-23-18-12-16(9-11-19(18)24-20)15-6-4-3-5-7-15/h3-7,9,11-12,14H,21-22H2,1-2H3/t14-/m0/s1. The molecule has 1 heterocycles. The first kappa shape index (κ1) is 16.1. The van der Waals surface area contributed by atoms with Crippen molar-refractivity contribution >= 4 is 24.5 Å². The summed E-state index contributed by atoms with van der Waals surface area (Å²) in [4.78, 5) is 4.57. The number of aromatic nitrogens is 1. The Morgan fingerprint density at radius 1 is 1.12 bits per heavy atom. The summed E-state index contributed by atoms with van der Waals surface area (Å²) in [7, 11) is 1.93. The Labute approximate surface area is 142 Å². The molecule has 3 rings (SSSR count). The summed E-state index contributed by atoms with van der Waals surface area (Å²) < 4.78 is 5.82. The highest BCUT2D eigenvalue weighted by atomic mass is 16.3. The van der Waals surface area contributed by atoms with Crippen molar-refractivity contribution in [1.29, 1.82) is 0 Å². The van der Waals surface area contributed by atoms with Gasteiger partial charge in [0, 0.05) is 6.04 Å². The van der Waals surface area contributed by atoms with Crippen LogP contribution in [0.3, 0.4) is 0 Å². The maximum atomic E-state index is 5.82. The summed E-state index contributed by atoms with van der Waals surface area (Å²) in [6, 6.07) is 16.2. The van der Waals surface area contributed by atoms with Crippen molar-refractivity contribution in [3.8, 4) is 11.1 Å². The zero-order chi connectivity index (χ0) is 17.1. The number of allylic oxidation sites excluding steroid dienone is 1. The predicted octanol–water partition coefficient (Wildman–Crippen LogP) is 3.52. The van der Waals surface area contributed by atoms with E-state index in [4.69, 9.17) is 10.2 Å². The Morgan fingerprint density at radius 2 is 1.88 bits per heavy atom. The van der Waals surface area contributed by atoms with E-state index in [0.717, 1.165) is 33.3 Å². The van der Waals surface area contributed by atoms with Crippen LogP contribution in [0.15, 0.2) is 69.9 Å². The smallest absolute Gasteiger partial charge is 0.231 e. The van der Waals surface area contributed by atoms with E-state index in [2.05, 4.69) is 28.6 Å². The quantitative estimate of drug-likeness (QED) is 0.594. The lowest BCUT2D eigenvalue weighted by Crippen LogP contribution is -2.17. The highest BCUT2D eigenvalue weighted by molar-refractivity contribution is 6.22. The summed E-state index contributed by atoms with van der Waals surface area (Å²) in [6.07, 6.45) is 0. The van der Waals surface area contributed by atoms with E-state index in [0.29, 0.717) is 5.89 Å². The molecule has 0 saturated heterocycles. The molecule has 118 valence electrons. The molecule has 1 aromatic heterocycles. The molecule has 3 aromatic rings. The van der Waals surface area contributed by atoms with Crippen molar-refractivity contribution < 1.29 is 4.42 Å². The van der Waals surface area contributed by atoms with Crippen LogP contribution in [-0.4, -0.2) is 18.9 Å². The van der Waals surface area contributed by atoms with Gasteiger partial charge >= 0.3 is 0 Å². The first-order chi connectivity index (χ1) is 11.5. The third-order valence-electron chi connectivity index (χ3n) is 3.95. The third-order valence-corrected chi connectivity index (χ3v) is 3.95. The van der Waals surface area contributed by atoms with Crippen LogP contribution >= 0.6 is 0 Å². The molecule has 2 aromatic carbocycles. The average Bonchev–Trinajstić information content (AvgIpc) is 3.03. The molecule has 3 nitrogen and oxygen atoms in total. The summed E-state index contributed by atoms with van der Waals surface area (Å²) in [5, 5.41) is 0. The number of nitrogens with zero attached hydrogens (tertiary/aromatic N) is 1. The van der Waals surface area contributed by atoms with Crippen LogP contribution in [0.1, 0.15) is 19.7 Å². The molecule has 0 unspecified atom stereocenters. The molecule has 0 aliphatic rings. The number of hydrogen-bond acceptors (Lipinski definition) is 3. The van der Waals surface area contributed by atoms with Gasteiger partial charge in [-0.15, -0.1) is 0 Å². The van der Waals surface area contributed by atoms with Crippen LogP contribution in [0, 0.1) is 0 Å². The van der Waals surface area contributed by atoms with Crippen LogP contribution in [0.4, 0.5) is 0 Å². The maximum absolute atomic E-state index is 5.82. The van der Waals surface area contributed by atoms with Crippen molar-refractivity contribution in [3.63, 3.8) is 0 Å². The van der Waals surface area contributed by atoms with Crippen molar-refractivity contribution in [2.24, 2.45) is 5.73 Å². The van der Waals surface area contributed by atoms with Gasteiger partial charge in [-0.25, -0.2) is 4.98 Å². The van der Waals surface area contributed by atoms with Crippen molar-refractivity contribution in [2.75, 3.05) is 0 Å². The molecule has 1 atom stereocenters. The highest BCUT2D eigenvalue weighted by Crippen LogP contribution is 2.26. The molecule has 0 fully saturated rings. The van der Waals surface area contributed by atoms with Gasteiger partial charge in [0.25, 0.3) is 0 Å². The van der Waals surface area contributed by atoms with Crippen LogP contribution in [0.5, 0.6) is 0 Å². The second-order valence-corrected chi connectivity index (χ2v) is 5.91. The van der Waals surface area contributed by atoms with Crippen LogP contribution in [0.2, 0.25) is 0 Å². The van der Waals surface area contributed by atoms with Gasteiger partial charge < -0.3 is 10.2 Å². The number of fused-ring (bicyclic) bond motifs is 1. The molecular weight excluding hydrogens is 295 g/mol. The molecular formula is C20H19BN2O. The van der Waals surface area contributed by atoms with Gasteiger partial charge in [-0.1, -0.05) is 47.9 Å². The van der Waals surface area contributed by atoms with E-state index >= 15 is 0 Å². The van der Waals surface area contributed by atoms with Gasteiger partial charge in [-0.05, 0) is 42.6 Å². The van der Waals surface area contributed by atoms with E-state index in [1.807, 2.05) is 58.1 Å². The van der Waals surface area contributed by atoms with E-state index in [1.54, 1.807) is 0 Å². The number of nitrogens with two attached hydrogens (primary N) is 1. The van der Waals surface area contributed by atoms with Gasteiger partial charge in [0.05, 0.1) is 5.57 Å². The van der Waals surface area contributed by atoms with E-state index < -0.39 is 0 Å². The fourth-order valence-electron chi connectivity index (χ4n) is 2.26. The fourth-order valence-corrected chi connectivity index (χ4v) is 2.26. The average molecular weight is 314 g/mol. The van der Waals surface area contributed by atoms with Gasteiger partial charge in [-0.3, -0.25) is 0 Å². The van der Waals surface area contributed by atoms with Gasteiger partial charge in [0.15, 0.2) is 5.58 Å². The van der Waals surface area contributed by atoms with E-state index in [1.165, 1.54) is 0 Å². The topological polar surface area (TPSA) is 52.0 Å². The third kappa shape index (κ3) is 3.42. The molecule has 0 spiro atoms. The summed E-state index contributed by atoms with van der Waals surface area (Å²) in [5.41, 5.74) is 17.6. The number of rotatable bonds is 3. The second-order valence-electron chi connectivity index (χ2n) is 5.91. The first-order valence-electron chi connectivity index (χ1n) is 7.95. The fraction of sp³-hybridized carbons (Fsp3) is 0.150. The molecule has 0 saturated carbocycles. The Hall–Kier alpha value is -2.77. The van der Waals surface area contributed by atoms with Crippen LogP contribution in [-0.2, 0) is 0 Å². The summed E-state index contributed by atoms with van der Waals surface area (Å²) in [6.45, 7) is 3.83. The molecule has 4 heteroatoms. The normalized spacial score (nSPS) is 11.6. The minimum absolute atomic E-state index is 0.0395. The minimum atomic E-state index is -0.0395. The molecule has 0 radical (unpaired) electrons. The Morgan fingerprint density at radius 3 is 2.58 bits per heavy atom. The van der Waals surface area contributed by atoms with Crippen LogP contribution in [0.25, 0.3) is 27.8 Å². The zero-order valence-electron chi connectivity index (χ0n) is 14.1. The highest BCUT2D eigenvalue weighted by Gasteiger charge is 2.08.